The van der Waals surface area contributed by atoms with E-state index in [1.807, 2.05) is 68.4 Å². The third-order valence-corrected chi connectivity index (χ3v) is 9.44. The van der Waals surface area contributed by atoms with E-state index < -0.39 is 28.5 Å². The molecule has 0 bridgehead atoms. The van der Waals surface area contributed by atoms with Crippen LogP contribution in [0.1, 0.15) is 36.5 Å². The third kappa shape index (κ3) is 8.73. The standard InChI is InChI=1S/C36H41N3O5S/c1-4-5-23-37-36(41)34(24-29-16-8-6-9-17-29)38(26-30-18-13-12-15-28(30)2)35(40)27-39(31-19-14-20-32(25-31)44-3)45(42,43)33-21-10-7-11-22-33/h6-22,25,34H,4-5,23-24,26-27H2,1-3H3,(H,37,41)/t34-/m1/s1. The number of rotatable bonds is 15. The molecule has 236 valence electrons. The molecule has 0 aliphatic heterocycles. The lowest BCUT2D eigenvalue weighted by atomic mass is 10.0. The fraction of sp³-hybridized carbons (Fsp3) is 0.278. The predicted molar refractivity (Wildman–Crippen MR) is 178 cm³/mol. The van der Waals surface area contributed by atoms with Crippen LogP contribution in [0.5, 0.6) is 5.75 Å². The normalized spacial score (nSPS) is 11.8. The Morgan fingerprint density at radius 1 is 0.867 bits per heavy atom. The average molecular weight is 628 g/mol. The van der Waals surface area contributed by atoms with Gasteiger partial charge in [-0.05, 0) is 54.3 Å². The molecule has 0 heterocycles. The van der Waals surface area contributed by atoms with Crippen LogP contribution in [0.3, 0.4) is 0 Å². The Morgan fingerprint density at radius 2 is 1.53 bits per heavy atom. The second kappa shape index (κ2) is 15.9. The topological polar surface area (TPSA) is 96.0 Å². The van der Waals surface area contributed by atoms with Gasteiger partial charge in [-0.15, -0.1) is 0 Å². The monoisotopic (exact) mass is 627 g/mol. The van der Waals surface area contributed by atoms with Crippen molar-refractivity contribution >= 4 is 27.5 Å². The number of nitrogens with zero attached hydrogens (tertiary/aromatic N) is 2. The lowest BCUT2D eigenvalue weighted by Crippen LogP contribution is -2.53. The molecule has 4 rings (SSSR count). The van der Waals surface area contributed by atoms with Crippen molar-refractivity contribution in [1.82, 2.24) is 10.2 Å². The number of ether oxygens (including phenoxy) is 1. The van der Waals surface area contributed by atoms with Gasteiger partial charge in [-0.25, -0.2) is 8.42 Å². The van der Waals surface area contributed by atoms with Gasteiger partial charge >= 0.3 is 0 Å². The quantitative estimate of drug-likeness (QED) is 0.169. The van der Waals surface area contributed by atoms with Crippen LogP contribution in [0.15, 0.2) is 114 Å². The van der Waals surface area contributed by atoms with Crippen molar-refractivity contribution in [3.05, 3.63) is 126 Å². The molecule has 0 spiro atoms. The molecular weight excluding hydrogens is 586 g/mol. The Balaban J connectivity index is 1.80. The highest BCUT2D eigenvalue weighted by Gasteiger charge is 2.34. The molecule has 0 aromatic heterocycles. The molecule has 9 heteroatoms. The minimum Gasteiger partial charge on any atom is -0.497 e. The number of sulfonamides is 1. The minimum atomic E-state index is -4.18. The predicted octanol–water partition coefficient (Wildman–Crippen LogP) is 5.76. The maximum absolute atomic E-state index is 14.5. The maximum Gasteiger partial charge on any atom is 0.264 e. The molecule has 8 nitrogen and oxygen atoms in total. The van der Waals surface area contributed by atoms with E-state index in [0.717, 1.165) is 33.8 Å². The number of benzene rings is 4. The minimum absolute atomic E-state index is 0.0456. The van der Waals surface area contributed by atoms with Crippen molar-refractivity contribution in [2.75, 3.05) is 24.5 Å². The van der Waals surface area contributed by atoms with Gasteiger partial charge < -0.3 is 15.0 Å². The van der Waals surface area contributed by atoms with Gasteiger partial charge in [0.15, 0.2) is 0 Å². The van der Waals surface area contributed by atoms with E-state index in [-0.39, 0.29) is 29.5 Å². The molecule has 45 heavy (non-hydrogen) atoms. The number of carbonyl (C=O) groups is 2. The van der Waals surface area contributed by atoms with Crippen molar-refractivity contribution in [1.29, 1.82) is 0 Å². The average Bonchev–Trinajstić information content (AvgIpc) is 3.06. The zero-order valence-electron chi connectivity index (χ0n) is 26.1. The van der Waals surface area contributed by atoms with Gasteiger partial charge in [-0.1, -0.05) is 92.2 Å². The third-order valence-electron chi connectivity index (χ3n) is 7.65. The molecule has 1 N–H and O–H groups in total. The highest BCUT2D eigenvalue weighted by atomic mass is 32.2. The molecule has 0 saturated carbocycles. The van der Waals surface area contributed by atoms with Crippen molar-refractivity contribution in [2.24, 2.45) is 0 Å². The molecule has 0 saturated heterocycles. The summed E-state index contributed by atoms with van der Waals surface area (Å²) in [6.07, 6.45) is 1.97. The molecule has 4 aromatic rings. The lowest BCUT2D eigenvalue weighted by molar-refractivity contribution is -0.140. The Labute approximate surface area is 266 Å². The summed E-state index contributed by atoms with van der Waals surface area (Å²) in [5.74, 6) is -0.345. The van der Waals surface area contributed by atoms with Crippen LogP contribution in [0, 0.1) is 6.92 Å². The van der Waals surface area contributed by atoms with E-state index in [0.29, 0.717) is 12.3 Å². The first-order valence-corrected chi connectivity index (χ1v) is 16.6. The van der Waals surface area contributed by atoms with Crippen molar-refractivity contribution in [3.8, 4) is 5.75 Å². The number of amides is 2. The molecule has 0 aliphatic carbocycles. The van der Waals surface area contributed by atoms with Crippen molar-refractivity contribution in [2.45, 2.75) is 50.6 Å². The van der Waals surface area contributed by atoms with Crippen LogP contribution >= 0.6 is 0 Å². The number of nitrogens with one attached hydrogen (secondary N) is 1. The van der Waals surface area contributed by atoms with E-state index in [1.165, 1.54) is 24.1 Å². The number of methoxy groups -OCH3 is 1. The Hall–Kier alpha value is -4.63. The van der Waals surface area contributed by atoms with Gasteiger partial charge in [0.05, 0.1) is 17.7 Å². The Bertz CT molecular complexity index is 1660. The molecule has 0 unspecified atom stereocenters. The Kier molecular flexibility index (Phi) is 11.8. The van der Waals surface area contributed by atoms with Crippen molar-refractivity contribution < 1.29 is 22.7 Å². The van der Waals surface area contributed by atoms with Gasteiger partial charge in [0.2, 0.25) is 11.8 Å². The van der Waals surface area contributed by atoms with Gasteiger partial charge in [-0.3, -0.25) is 13.9 Å². The molecule has 0 aliphatic rings. The van der Waals surface area contributed by atoms with Gasteiger partial charge in [0.25, 0.3) is 10.0 Å². The second-order valence-corrected chi connectivity index (χ2v) is 12.7. The number of aryl methyl sites for hydroxylation is 1. The number of hydrogen-bond donors (Lipinski definition) is 1. The first-order chi connectivity index (χ1) is 21.7. The smallest absolute Gasteiger partial charge is 0.264 e. The summed E-state index contributed by atoms with van der Waals surface area (Å²) in [7, 11) is -2.69. The molecule has 2 amide bonds. The summed E-state index contributed by atoms with van der Waals surface area (Å²) in [5.41, 5.74) is 2.98. The summed E-state index contributed by atoms with van der Waals surface area (Å²) in [6.45, 7) is 4.08. The van der Waals surface area contributed by atoms with Gasteiger partial charge in [0.1, 0.15) is 18.3 Å². The highest BCUT2D eigenvalue weighted by molar-refractivity contribution is 7.92. The molecular formula is C36H41N3O5S. The van der Waals surface area contributed by atoms with Crippen LogP contribution in [-0.2, 0) is 32.6 Å². The van der Waals surface area contributed by atoms with Crippen molar-refractivity contribution in [3.63, 3.8) is 0 Å². The van der Waals surface area contributed by atoms with Crippen LogP contribution < -0.4 is 14.4 Å². The molecule has 4 aromatic carbocycles. The van der Waals surface area contributed by atoms with Crippen LogP contribution in [0.25, 0.3) is 0 Å². The zero-order chi connectivity index (χ0) is 32.2. The number of hydrogen-bond acceptors (Lipinski definition) is 5. The van der Waals surface area contributed by atoms with Crippen LogP contribution in [0.2, 0.25) is 0 Å². The van der Waals surface area contributed by atoms with Crippen LogP contribution in [0.4, 0.5) is 5.69 Å². The SMILES string of the molecule is CCCCNC(=O)[C@@H](Cc1ccccc1)N(Cc1ccccc1C)C(=O)CN(c1cccc(OC)c1)S(=O)(=O)c1ccccc1. The van der Waals surface area contributed by atoms with E-state index in [1.54, 1.807) is 42.5 Å². The summed E-state index contributed by atoms with van der Waals surface area (Å²) in [4.78, 5) is 30.0. The summed E-state index contributed by atoms with van der Waals surface area (Å²) >= 11 is 0. The summed E-state index contributed by atoms with van der Waals surface area (Å²) < 4.78 is 34.7. The largest absolute Gasteiger partial charge is 0.497 e. The van der Waals surface area contributed by atoms with E-state index in [2.05, 4.69) is 5.32 Å². The van der Waals surface area contributed by atoms with Gasteiger partial charge in [0, 0.05) is 25.6 Å². The first-order valence-electron chi connectivity index (χ1n) is 15.1. The number of anilines is 1. The number of unbranched alkanes of at least 4 members (excludes halogenated alkanes) is 1. The maximum atomic E-state index is 14.5. The summed E-state index contributed by atoms with van der Waals surface area (Å²) in [6, 6.07) is 30.9. The lowest BCUT2D eigenvalue weighted by Gasteiger charge is -2.34. The number of carbonyl (C=O) groups excluding carboxylic acids is 2. The van der Waals surface area contributed by atoms with Gasteiger partial charge in [-0.2, -0.15) is 0 Å². The first kappa shape index (κ1) is 33.3. The second-order valence-electron chi connectivity index (χ2n) is 10.8. The van der Waals surface area contributed by atoms with E-state index in [4.69, 9.17) is 4.74 Å². The van der Waals surface area contributed by atoms with Crippen LogP contribution in [-0.4, -0.2) is 51.4 Å². The Morgan fingerprint density at radius 3 is 2.20 bits per heavy atom. The summed E-state index contributed by atoms with van der Waals surface area (Å²) in [5, 5.41) is 3.01. The molecule has 1 atom stereocenters. The fourth-order valence-electron chi connectivity index (χ4n) is 5.05. The van der Waals surface area contributed by atoms with E-state index in [9.17, 15) is 18.0 Å². The molecule has 0 fully saturated rings. The molecule has 0 radical (unpaired) electrons. The fourth-order valence-corrected chi connectivity index (χ4v) is 6.47. The van der Waals surface area contributed by atoms with E-state index >= 15 is 0 Å². The zero-order valence-corrected chi connectivity index (χ0v) is 26.9. The highest BCUT2D eigenvalue weighted by Crippen LogP contribution is 2.28.